The predicted molar refractivity (Wildman–Crippen MR) is 97.5 cm³/mol. The fourth-order valence-corrected chi connectivity index (χ4v) is 3.20. The minimum atomic E-state index is -0.134. The van der Waals surface area contributed by atoms with Gasteiger partial charge in [0.05, 0.1) is 18.9 Å². The summed E-state index contributed by atoms with van der Waals surface area (Å²) in [6.45, 7) is 4.89. The monoisotopic (exact) mass is 351 g/mol. The highest BCUT2D eigenvalue weighted by molar-refractivity contribution is 5.94. The number of benzene rings is 1. The van der Waals surface area contributed by atoms with E-state index in [4.69, 9.17) is 4.74 Å². The van der Waals surface area contributed by atoms with Crippen molar-refractivity contribution in [3.05, 3.63) is 48.0 Å². The van der Waals surface area contributed by atoms with Crippen molar-refractivity contribution in [1.82, 2.24) is 25.1 Å². The summed E-state index contributed by atoms with van der Waals surface area (Å²) in [5.41, 5.74) is 2.97. The lowest BCUT2D eigenvalue weighted by atomic mass is 9.88. The number of hydrogen-bond acceptors (Lipinski definition) is 4. The molecular weight excluding hydrogens is 330 g/mol. The molecule has 1 aliphatic rings. The number of ether oxygens (including phenoxy) is 1. The molecule has 0 aliphatic carbocycles. The predicted octanol–water partition coefficient (Wildman–Crippen LogP) is 2.58. The molecule has 3 aromatic rings. The maximum atomic E-state index is 12.3. The Morgan fingerprint density at radius 1 is 1.27 bits per heavy atom. The van der Waals surface area contributed by atoms with Gasteiger partial charge in [-0.15, -0.1) is 0 Å². The zero-order valence-electron chi connectivity index (χ0n) is 15.0. The van der Waals surface area contributed by atoms with Crippen molar-refractivity contribution in [3.8, 4) is 22.8 Å². The van der Waals surface area contributed by atoms with E-state index in [2.05, 4.69) is 34.2 Å². The first-order valence-electron chi connectivity index (χ1n) is 8.52. The van der Waals surface area contributed by atoms with Crippen molar-refractivity contribution < 1.29 is 9.53 Å². The first kappa shape index (κ1) is 16.4. The van der Waals surface area contributed by atoms with Gasteiger partial charge in [0.1, 0.15) is 23.0 Å². The van der Waals surface area contributed by atoms with E-state index >= 15 is 0 Å². The molecule has 1 aromatic carbocycles. The summed E-state index contributed by atoms with van der Waals surface area (Å²) in [5, 5.41) is 7.36. The third-order valence-corrected chi connectivity index (χ3v) is 4.56. The number of carbonyl (C=O) groups is 1. The lowest BCUT2D eigenvalue weighted by molar-refractivity contribution is 0.0940. The van der Waals surface area contributed by atoms with E-state index in [9.17, 15) is 4.79 Å². The van der Waals surface area contributed by atoms with Crippen LogP contribution < -0.4 is 10.1 Å². The molecule has 0 atom stereocenters. The van der Waals surface area contributed by atoms with Gasteiger partial charge in [-0.25, -0.2) is 9.67 Å². The Kier molecular flexibility index (Phi) is 3.79. The Morgan fingerprint density at radius 3 is 2.88 bits per heavy atom. The molecular formula is C19H21N5O2. The molecule has 3 heterocycles. The van der Waals surface area contributed by atoms with Crippen molar-refractivity contribution in [2.45, 2.75) is 20.3 Å². The average Bonchev–Trinajstić information content (AvgIpc) is 3.24. The molecule has 0 saturated carbocycles. The molecule has 0 bridgehead atoms. The Bertz CT molecular complexity index is 970. The number of hydrogen-bond donors (Lipinski definition) is 2. The fraction of sp³-hybridized carbons (Fsp3) is 0.316. The summed E-state index contributed by atoms with van der Waals surface area (Å²) in [4.78, 5) is 20.2. The van der Waals surface area contributed by atoms with Crippen LogP contribution in [0.3, 0.4) is 0 Å². The van der Waals surface area contributed by atoms with Gasteiger partial charge in [0, 0.05) is 18.4 Å². The minimum absolute atomic E-state index is 0.0215. The van der Waals surface area contributed by atoms with Gasteiger partial charge in [-0.3, -0.25) is 4.79 Å². The van der Waals surface area contributed by atoms with E-state index in [0.717, 1.165) is 29.1 Å². The van der Waals surface area contributed by atoms with E-state index in [0.29, 0.717) is 18.1 Å². The van der Waals surface area contributed by atoms with Gasteiger partial charge in [-0.1, -0.05) is 26.0 Å². The van der Waals surface area contributed by atoms with Crippen LogP contribution >= 0.6 is 0 Å². The molecule has 134 valence electrons. The van der Waals surface area contributed by atoms with Gasteiger partial charge < -0.3 is 15.0 Å². The number of nitrogens with one attached hydrogen (secondary N) is 2. The van der Waals surface area contributed by atoms with Crippen LogP contribution in [0.1, 0.15) is 30.0 Å². The Hall–Kier alpha value is -3.09. The van der Waals surface area contributed by atoms with Crippen LogP contribution in [0.25, 0.3) is 17.1 Å². The maximum absolute atomic E-state index is 12.3. The number of methoxy groups -OCH3 is 1. The van der Waals surface area contributed by atoms with Crippen molar-refractivity contribution in [1.29, 1.82) is 0 Å². The van der Waals surface area contributed by atoms with E-state index in [1.807, 2.05) is 30.5 Å². The number of para-hydroxylation sites is 2. The molecule has 1 amide bonds. The van der Waals surface area contributed by atoms with Crippen LogP contribution in [0.5, 0.6) is 5.75 Å². The number of aromatic nitrogens is 4. The smallest absolute Gasteiger partial charge is 0.271 e. The molecule has 0 radical (unpaired) electrons. The van der Waals surface area contributed by atoms with Crippen LogP contribution in [-0.2, 0) is 6.42 Å². The molecule has 7 heteroatoms. The van der Waals surface area contributed by atoms with Crippen molar-refractivity contribution in [3.63, 3.8) is 0 Å². The van der Waals surface area contributed by atoms with Crippen molar-refractivity contribution >= 4 is 5.91 Å². The summed E-state index contributed by atoms with van der Waals surface area (Å²) >= 11 is 0. The second-order valence-electron chi connectivity index (χ2n) is 7.28. The summed E-state index contributed by atoms with van der Waals surface area (Å²) in [5.74, 6) is 1.24. The standard InChI is InChI=1S/C19H21N5O2/c1-19(2)8-13-16(18(25)20-11-19)23-17(22-13)12-9-21-24(10-12)14-6-4-5-7-15(14)26-3/h4-7,9-10H,8,11H2,1-3H3,(H,20,25)(H,22,23). The number of rotatable bonds is 3. The Morgan fingerprint density at radius 2 is 2.08 bits per heavy atom. The molecule has 1 aliphatic heterocycles. The molecule has 0 saturated heterocycles. The molecule has 0 fully saturated rings. The van der Waals surface area contributed by atoms with Gasteiger partial charge in [0.15, 0.2) is 0 Å². The van der Waals surface area contributed by atoms with Crippen LogP contribution in [0.4, 0.5) is 0 Å². The van der Waals surface area contributed by atoms with Crippen molar-refractivity contribution in [2.24, 2.45) is 5.41 Å². The molecule has 0 spiro atoms. The number of amides is 1. The average molecular weight is 351 g/mol. The van der Waals surface area contributed by atoms with E-state index < -0.39 is 0 Å². The third-order valence-electron chi connectivity index (χ3n) is 4.56. The van der Waals surface area contributed by atoms with Crippen molar-refractivity contribution in [2.75, 3.05) is 13.7 Å². The summed E-state index contributed by atoms with van der Waals surface area (Å²) in [6, 6.07) is 7.67. The topological polar surface area (TPSA) is 84.8 Å². The molecule has 26 heavy (non-hydrogen) atoms. The van der Waals surface area contributed by atoms with Crippen LogP contribution in [0, 0.1) is 5.41 Å². The number of carbonyl (C=O) groups excluding carboxylic acids is 1. The summed E-state index contributed by atoms with van der Waals surface area (Å²) in [7, 11) is 1.63. The van der Waals surface area contributed by atoms with Crippen LogP contribution in [0.2, 0.25) is 0 Å². The van der Waals surface area contributed by atoms with Crippen LogP contribution in [-0.4, -0.2) is 39.3 Å². The second kappa shape index (κ2) is 6.01. The zero-order valence-corrected chi connectivity index (χ0v) is 15.0. The maximum Gasteiger partial charge on any atom is 0.271 e. The molecule has 2 aromatic heterocycles. The Labute approximate surface area is 151 Å². The number of imidazole rings is 1. The molecule has 2 N–H and O–H groups in total. The van der Waals surface area contributed by atoms with Gasteiger partial charge >= 0.3 is 0 Å². The highest BCUT2D eigenvalue weighted by Crippen LogP contribution is 2.28. The number of H-pyrrole nitrogens is 1. The molecule has 4 rings (SSSR count). The second-order valence-corrected chi connectivity index (χ2v) is 7.28. The Balaban J connectivity index is 1.71. The van der Waals surface area contributed by atoms with Gasteiger partial charge in [-0.05, 0) is 24.0 Å². The minimum Gasteiger partial charge on any atom is -0.494 e. The van der Waals surface area contributed by atoms with Gasteiger partial charge in [0.25, 0.3) is 5.91 Å². The zero-order chi connectivity index (χ0) is 18.3. The van der Waals surface area contributed by atoms with E-state index in [1.165, 1.54) is 0 Å². The van der Waals surface area contributed by atoms with E-state index in [1.54, 1.807) is 18.0 Å². The van der Waals surface area contributed by atoms with Gasteiger partial charge in [-0.2, -0.15) is 5.10 Å². The number of fused-ring (bicyclic) bond motifs is 1. The SMILES string of the molecule is COc1ccccc1-n1cc(-c2nc3c([nH]2)CC(C)(C)CNC3=O)cn1. The lowest BCUT2D eigenvalue weighted by Crippen LogP contribution is -2.32. The molecule has 7 nitrogen and oxygen atoms in total. The normalized spacial score (nSPS) is 15.9. The van der Waals surface area contributed by atoms with Crippen LogP contribution in [0.15, 0.2) is 36.7 Å². The summed E-state index contributed by atoms with van der Waals surface area (Å²) in [6.07, 6.45) is 4.36. The first-order valence-corrected chi connectivity index (χ1v) is 8.52. The van der Waals surface area contributed by atoms with Gasteiger partial charge in [0.2, 0.25) is 0 Å². The number of nitrogens with zero attached hydrogens (tertiary/aromatic N) is 3. The highest BCUT2D eigenvalue weighted by Gasteiger charge is 2.30. The molecule has 0 unspecified atom stereocenters. The number of aromatic amines is 1. The summed E-state index contributed by atoms with van der Waals surface area (Å²) < 4.78 is 7.14. The third kappa shape index (κ3) is 2.85. The lowest BCUT2D eigenvalue weighted by Gasteiger charge is -2.21. The fourth-order valence-electron chi connectivity index (χ4n) is 3.20. The van der Waals surface area contributed by atoms with E-state index in [-0.39, 0.29) is 11.3 Å². The largest absolute Gasteiger partial charge is 0.494 e. The quantitative estimate of drug-likeness (QED) is 0.759. The first-order chi connectivity index (χ1) is 12.5. The highest BCUT2D eigenvalue weighted by atomic mass is 16.5.